The van der Waals surface area contributed by atoms with Crippen molar-refractivity contribution in [2.75, 3.05) is 0 Å². The molecule has 5 aromatic carbocycles. The average Bonchev–Trinajstić information content (AvgIpc) is 3.46. The molecule has 0 atom stereocenters. The average molecular weight is 575 g/mol. The lowest BCUT2D eigenvalue weighted by atomic mass is 9.95. The van der Waals surface area contributed by atoms with Crippen LogP contribution in [0.25, 0.3) is 82.9 Å². The summed E-state index contributed by atoms with van der Waals surface area (Å²) in [5, 5.41) is 5.99. The van der Waals surface area contributed by atoms with Crippen LogP contribution < -0.4 is 0 Å². The number of fused-ring (bicyclic) bond motifs is 7. The molecular weight excluding hydrogens is 548 g/mol. The largest absolute Gasteiger partial charge is 0.309 e. The van der Waals surface area contributed by atoms with Crippen LogP contribution in [-0.2, 0) is 0 Å². The SMILES string of the molecule is c1ccc(-n2c3ccccc3c3c4c(ccc32)c(-c2cccc(-c3cccc(-c5ccncc5)n3)c2)nc2ccccc24)cc1. The highest BCUT2D eigenvalue weighted by Crippen LogP contribution is 2.42. The molecule has 0 bridgehead atoms. The van der Waals surface area contributed by atoms with E-state index in [4.69, 9.17) is 9.97 Å². The predicted molar refractivity (Wildman–Crippen MR) is 185 cm³/mol. The van der Waals surface area contributed by atoms with Crippen LogP contribution in [0, 0.1) is 0 Å². The van der Waals surface area contributed by atoms with Crippen LogP contribution in [-0.4, -0.2) is 19.5 Å². The van der Waals surface area contributed by atoms with Crippen molar-refractivity contribution in [3.63, 3.8) is 0 Å². The second kappa shape index (κ2) is 10.2. The van der Waals surface area contributed by atoms with E-state index in [1.165, 1.54) is 27.2 Å². The van der Waals surface area contributed by atoms with E-state index in [-0.39, 0.29) is 0 Å². The minimum absolute atomic E-state index is 0.921. The van der Waals surface area contributed by atoms with Crippen LogP contribution in [0.1, 0.15) is 0 Å². The highest BCUT2D eigenvalue weighted by Gasteiger charge is 2.19. The van der Waals surface area contributed by atoms with Gasteiger partial charge in [-0.25, -0.2) is 9.97 Å². The van der Waals surface area contributed by atoms with E-state index in [2.05, 4.69) is 137 Å². The summed E-state index contributed by atoms with van der Waals surface area (Å²) in [6.07, 6.45) is 3.60. The molecule has 4 nitrogen and oxygen atoms in total. The van der Waals surface area contributed by atoms with E-state index < -0.39 is 0 Å². The summed E-state index contributed by atoms with van der Waals surface area (Å²) in [6, 6.07) is 51.1. The van der Waals surface area contributed by atoms with Crippen molar-refractivity contribution in [1.29, 1.82) is 0 Å². The molecule has 0 aliphatic rings. The zero-order valence-electron chi connectivity index (χ0n) is 24.3. The van der Waals surface area contributed by atoms with Gasteiger partial charge in [-0.1, -0.05) is 84.9 Å². The van der Waals surface area contributed by atoms with Crippen molar-refractivity contribution in [2.45, 2.75) is 0 Å². The maximum Gasteiger partial charge on any atom is 0.0788 e. The fourth-order valence-electron chi connectivity index (χ4n) is 6.68. The van der Waals surface area contributed by atoms with Gasteiger partial charge in [-0.15, -0.1) is 0 Å². The normalized spacial score (nSPS) is 11.6. The molecule has 0 fully saturated rings. The number of rotatable bonds is 4. The Bertz CT molecular complexity index is 2530. The molecule has 0 radical (unpaired) electrons. The van der Waals surface area contributed by atoms with E-state index in [9.17, 15) is 0 Å². The number of pyridine rings is 3. The molecule has 4 heterocycles. The molecule has 0 unspecified atom stereocenters. The molecule has 0 saturated carbocycles. The van der Waals surface area contributed by atoms with Crippen LogP contribution >= 0.6 is 0 Å². The minimum Gasteiger partial charge on any atom is -0.309 e. The molecule has 0 aliphatic carbocycles. The Labute approximate surface area is 259 Å². The Morgan fingerprint density at radius 1 is 0.422 bits per heavy atom. The van der Waals surface area contributed by atoms with Crippen molar-refractivity contribution in [3.05, 3.63) is 158 Å². The first-order chi connectivity index (χ1) is 22.3. The lowest BCUT2D eigenvalue weighted by Crippen LogP contribution is -1.94. The molecule has 0 N–H and O–H groups in total. The van der Waals surface area contributed by atoms with Gasteiger partial charge in [0.05, 0.1) is 33.6 Å². The first-order valence-electron chi connectivity index (χ1n) is 15.1. The summed E-state index contributed by atoms with van der Waals surface area (Å²) in [7, 11) is 0. The molecule has 4 heteroatoms. The summed E-state index contributed by atoms with van der Waals surface area (Å²) < 4.78 is 2.38. The predicted octanol–water partition coefficient (Wildman–Crippen LogP) is 10.3. The first-order valence-corrected chi connectivity index (χ1v) is 15.1. The van der Waals surface area contributed by atoms with Crippen molar-refractivity contribution in [1.82, 2.24) is 19.5 Å². The number of benzene rings is 5. The third-order valence-electron chi connectivity index (χ3n) is 8.67. The topological polar surface area (TPSA) is 43.6 Å². The number of hydrogen-bond acceptors (Lipinski definition) is 3. The van der Waals surface area contributed by atoms with Crippen molar-refractivity contribution < 1.29 is 0 Å². The number of nitrogens with zero attached hydrogens (tertiary/aromatic N) is 4. The van der Waals surface area contributed by atoms with Gasteiger partial charge >= 0.3 is 0 Å². The van der Waals surface area contributed by atoms with Crippen LogP contribution in [0.5, 0.6) is 0 Å². The van der Waals surface area contributed by atoms with Crippen molar-refractivity contribution >= 4 is 43.5 Å². The molecule has 0 saturated heterocycles. The lowest BCUT2D eigenvalue weighted by molar-refractivity contribution is 1.18. The van der Waals surface area contributed by atoms with Gasteiger partial charge < -0.3 is 4.57 Å². The third kappa shape index (κ3) is 4.11. The van der Waals surface area contributed by atoms with E-state index in [1.54, 1.807) is 12.4 Å². The molecule has 45 heavy (non-hydrogen) atoms. The van der Waals surface area contributed by atoms with Gasteiger partial charge in [-0.05, 0) is 60.7 Å². The summed E-state index contributed by atoms with van der Waals surface area (Å²) in [5.41, 5.74) is 10.5. The molecule has 9 aromatic rings. The Morgan fingerprint density at radius 2 is 1.13 bits per heavy atom. The van der Waals surface area contributed by atoms with Gasteiger partial charge in [0.1, 0.15) is 0 Å². The number of hydrogen-bond donors (Lipinski definition) is 0. The van der Waals surface area contributed by atoms with Crippen LogP contribution in [0.3, 0.4) is 0 Å². The Morgan fingerprint density at radius 3 is 2.00 bits per heavy atom. The van der Waals surface area contributed by atoms with Crippen molar-refractivity contribution in [2.24, 2.45) is 0 Å². The molecule has 0 amide bonds. The van der Waals surface area contributed by atoms with Gasteiger partial charge in [0.2, 0.25) is 0 Å². The fourth-order valence-corrected chi connectivity index (χ4v) is 6.68. The summed E-state index contributed by atoms with van der Waals surface area (Å²) >= 11 is 0. The van der Waals surface area contributed by atoms with E-state index in [1.807, 2.05) is 18.2 Å². The smallest absolute Gasteiger partial charge is 0.0788 e. The fraction of sp³-hybridized carbons (Fsp3) is 0. The van der Waals surface area contributed by atoms with Crippen LogP contribution in [0.15, 0.2) is 158 Å². The molecular formula is C41H26N4. The Kier molecular flexibility index (Phi) is 5.78. The van der Waals surface area contributed by atoms with E-state index in [0.29, 0.717) is 0 Å². The second-order valence-electron chi connectivity index (χ2n) is 11.3. The molecule has 0 aliphatic heterocycles. The third-order valence-corrected chi connectivity index (χ3v) is 8.67. The van der Waals surface area contributed by atoms with Gasteiger partial charge in [-0.2, -0.15) is 0 Å². The second-order valence-corrected chi connectivity index (χ2v) is 11.3. The zero-order chi connectivity index (χ0) is 29.7. The lowest BCUT2D eigenvalue weighted by Gasteiger charge is -2.13. The van der Waals surface area contributed by atoms with Gasteiger partial charge in [-0.3, -0.25) is 4.98 Å². The Balaban J connectivity index is 1.31. The number of aromatic nitrogens is 4. The monoisotopic (exact) mass is 574 g/mol. The van der Waals surface area contributed by atoms with Crippen LogP contribution in [0.4, 0.5) is 0 Å². The summed E-state index contributed by atoms with van der Waals surface area (Å²) in [6.45, 7) is 0. The van der Waals surface area contributed by atoms with Gasteiger partial charge in [0, 0.05) is 61.7 Å². The van der Waals surface area contributed by atoms with Crippen LogP contribution in [0.2, 0.25) is 0 Å². The maximum atomic E-state index is 5.29. The molecule has 4 aromatic heterocycles. The molecule has 0 spiro atoms. The highest BCUT2D eigenvalue weighted by atomic mass is 15.0. The summed E-state index contributed by atoms with van der Waals surface area (Å²) in [5.74, 6) is 0. The maximum absolute atomic E-state index is 5.29. The first kappa shape index (κ1) is 25.4. The highest BCUT2D eigenvalue weighted by molar-refractivity contribution is 6.29. The standard InChI is InChI=1S/C41H26N4/c1-2-12-30(13-3-1)45-37-19-7-5-15-32(37)40-38(45)21-20-33-39(40)31-14-4-6-16-36(31)44-41(33)29-11-8-10-28(26-29)35-18-9-17-34(43-35)27-22-24-42-25-23-27/h1-26H. The molecule has 9 rings (SSSR count). The van der Waals surface area contributed by atoms with Gasteiger partial charge in [0.15, 0.2) is 0 Å². The van der Waals surface area contributed by atoms with E-state index >= 15 is 0 Å². The zero-order valence-corrected chi connectivity index (χ0v) is 24.3. The summed E-state index contributed by atoms with van der Waals surface area (Å²) in [4.78, 5) is 14.5. The van der Waals surface area contributed by atoms with Gasteiger partial charge in [0.25, 0.3) is 0 Å². The van der Waals surface area contributed by atoms with E-state index in [0.717, 1.165) is 55.7 Å². The van der Waals surface area contributed by atoms with Crippen molar-refractivity contribution in [3.8, 4) is 39.5 Å². The molecule has 210 valence electrons. The quantitative estimate of drug-likeness (QED) is 0.196. The Hall–Kier alpha value is -6.13. The number of para-hydroxylation sites is 3. The minimum atomic E-state index is 0.921.